The van der Waals surface area contributed by atoms with E-state index in [1.54, 1.807) is 7.11 Å². The molecule has 1 atom stereocenters. The van der Waals surface area contributed by atoms with Crippen molar-refractivity contribution in [2.24, 2.45) is 15.7 Å². The van der Waals surface area contributed by atoms with Crippen LogP contribution in [0.15, 0.2) is 63.0 Å². The summed E-state index contributed by atoms with van der Waals surface area (Å²) in [6, 6.07) is 15.8. The molecule has 0 bridgehead atoms. The van der Waals surface area contributed by atoms with Crippen molar-refractivity contribution in [1.29, 1.82) is 0 Å². The van der Waals surface area contributed by atoms with Gasteiger partial charge in [-0.2, -0.15) is 0 Å². The van der Waals surface area contributed by atoms with E-state index in [1.807, 2.05) is 54.8 Å². The Balaban J connectivity index is 2.21. The third-order valence-corrected chi connectivity index (χ3v) is 4.86. The number of hydrogen-bond donors (Lipinski definition) is 1. The second-order valence-electron chi connectivity index (χ2n) is 5.03. The van der Waals surface area contributed by atoms with Gasteiger partial charge in [-0.05, 0) is 30.5 Å². The normalized spacial score (nSPS) is 20.1. The van der Waals surface area contributed by atoms with Crippen LogP contribution in [0.5, 0.6) is 5.75 Å². The number of rotatable bonds is 3. The fourth-order valence-electron chi connectivity index (χ4n) is 2.56. The Kier molecular flexibility index (Phi) is 4.46. The maximum Gasteiger partial charge on any atom is 0.205 e. The standard InChI is InChI=1S/C17H16BrN3OS/c1-22-14-8-6-11(7-9-14)17(12-4-3-5-13(18)10-12)20-15(19)16(21-17)23-2/h3-10H,1-2H3,(H2,19,20). The number of nitrogens with two attached hydrogens (primary N) is 1. The monoisotopic (exact) mass is 389 g/mol. The maximum absolute atomic E-state index is 6.10. The molecule has 1 aliphatic rings. The van der Waals surface area contributed by atoms with Crippen LogP contribution in [-0.2, 0) is 5.66 Å². The minimum absolute atomic E-state index is 0.466. The zero-order valence-electron chi connectivity index (χ0n) is 12.8. The molecule has 2 N–H and O–H groups in total. The number of aliphatic imine (C=N–C) groups is 2. The fourth-order valence-corrected chi connectivity index (χ4v) is 3.43. The predicted octanol–water partition coefficient (Wildman–Crippen LogP) is 3.79. The Morgan fingerprint density at radius 1 is 1.09 bits per heavy atom. The van der Waals surface area contributed by atoms with Crippen molar-refractivity contribution >= 4 is 38.6 Å². The van der Waals surface area contributed by atoms with Crippen LogP contribution in [0.3, 0.4) is 0 Å². The molecule has 118 valence electrons. The molecule has 0 fully saturated rings. The minimum atomic E-state index is -0.849. The predicted molar refractivity (Wildman–Crippen MR) is 100 cm³/mol. The molecular weight excluding hydrogens is 374 g/mol. The van der Waals surface area contributed by atoms with Crippen molar-refractivity contribution in [3.8, 4) is 5.75 Å². The number of halogens is 1. The molecule has 1 unspecified atom stereocenters. The van der Waals surface area contributed by atoms with Gasteiger partial charge in [0.05, 0.1) is 7.11 Å². The summed E-state index contributed by atoms with van der Waals surface area (Å²) < 4.78 is 6.22. The maximum atomic E-state index is 6.10. The molecule has 0 aliphatic carbocycles. The second kappa shape index (κ2) is 6.37. The van der Waals surface area contributed by atoms with E-state index in [4.69, 9.17) is 20.5 Å². The molecule has 0 saturated carbocycles. The summed E-state index contributed by atoms with van der Waals surface area (Å²) in [7, 11) is 1.65. The van der Waals surface area contributed by atoms with Crippen LogP contribution in [-0.4, -0.2) is 24.2 Å². The van der Waals surface area contributed by atoms with Gasteiger partial charge in [0.15, 0.2) is 5.84 Å². The van der Waals surface area contributed by atoms with Gasteiger partial charge in [-0.1, -0.05) is 40.2 Å². The highest BCUT2D eigenvalue weighted by atomic mass is 79.9. The van der Waals surface area contributed by atoms with Gasteiger partial charge in [-0.25, -0.2) is 9.98 Å². The lowest BCUT2D eigenvalue weighted by Crippen LogP contribution is -2.22. The smallest absolute Gasteiger partial charge is 0.205 e. The third-order valence-electron chi connectivity index (χ3n) is 3.68. The van der Waals surface area contributed by atoms with Gasteiger partial charge in [0.1, 0.15) is 10.8 Å². The van der Waals surface area contributed by atoms with E-state index in [9.17, 15) is 0 Å². The summed E-state index contributed by atoms with van der Waals surface area (Å²) in [5.41, 5.74) is 7.16. The number of hydrogen-bond acceptors (Lipinski definition) is 5. The first-order valence-corrected chi connectivity index (χ1v) is 9.01. The Morgan fingerprint density at radius 3 is 2.39 bits per heavy atom. The summed E-state index contributed by atoms with van der Waals surface area (Å²) in [6.45, 7) is 0. The topological polar surface area (TPSA) is 60.0 Å². The average molecular weight is 390 g/mol. The molecule has 4 nitrogen and oxygen atoms in total. The molecule has 23 heavy (non-hydrogen) atoms. The van der Waals surface area contributed by atoms with Crippen LogP contribution in [0.1, 0.15) is 11.1 Å². The van der Waals surface area contributed by atoms with Gasteiger partial charge in [0.25, 0.3) is 0 Å². The lowest BCUT2D eigenvalue weighted by molar-refractivity contribution is 0.414. The lowest BCUT2D eigenvalue weighted by atomic mass is 9.92. The molecular formula is C17H16BrN3OS. The van der Waals surface area contributed by atoms with E-state index in [1.165, 1.54) is 11.8 Å². The molecule has 0 spiro atoms. The number of benzene rings is 2. The van der Waals surface area contributed by atoms with E-state index < -0.39 is 5.66 Å². The van der Waals surface area contributed by atoms with Gasteiger partial charge < -0.3 is 10.5 Å². The van der Waals surface area contributed by atoms with E-state index in [0.29, 0.717) is 5.84 Å². The Bertz CT molecular complexity index is 789. The minimum Gasteiger partial charge on any atom is -0.497 e. The van der Waals surface area contributed by atoms with Crippen molar-refractivity contribution in [2.75, 3.05) is 13.4 Å². The number of thioether (sulfide) groups is 1. The van der Waals surface area contributed by atoms with Gasteiger partial charge in [-0.15, -0.1) is 11.8 Å². The average Bonchev–Trinajstić information content (AvgIpc) is 2.93. The van der Waals surface area contributed by atoms with Crippen LogP contribution in [0, 0.1) is 0 Å². The summed E-state index contributed by atoms with van der Waals surface area (Å²) in [5, 5.41) is 0.751. The lowest BCUT2D eigenvalue weighted by Gasteiger charge is -2.24. The summed E-state index contributed by atoms with van der Waals surface area (Å²) >= 11 is 5.02. The van der Waals surface area contributed by atoms with Gasteiger partial charge in [-0.3, -0.25) is 0 Å². The first-order valence-electron chi connectivity index (χ1n) is 6.99. The summed E-state index contributed by atoms with van der Waals surface area (Å²) in [4.78, 5) is 9.56. The summed E-state index contributed by atoms with van der Waals surface area (Å²) in [6.07, 6.45) is 1.95. The highest BCUT2D eigenvalue weighted by Gasteiger charge is 2.39. The van der Waals surface area contributed by atoms with Crippen LogP contribution in [0.4, 0.5) is 0 Å². The number of ether oxygens (including phenoxy) is 1. The van der Waals surface area contributed by atoms with Gasteiger partial charge >= 0.3 is 0 Å². The van der Waals surface area contributed by atoms with E-state index in [2.05, 4.69) is 15.9 Å². The van der Waals surface area contributed by atoms with Crippen molar-refractivity contribution in [1.82, 2.24) is 0 Å². The first kappa shape index (κ1) is 16.1. The quantitative estimate of drug-likeness (QED) is 0.868. The van der Waals surface area contributed by atoms with Gasteiger partial charge in [0.2, 0.25) is 5.66 Å². The Hall–Kier alpha value is -1.79. The van der Waals surface area contributed by atoms with Crippen molar-refractivity contribution in [3.05, 3.63) is 64.1 Å². The Labute approximate surface area is 148 Å². The zero-order valence-corrected chi connectivity index (χ0v) is 15.2. The number of amidine groups is 1. The van der Waals surface area contributed by atoms with Crippen LogP contribution in [0.25, 0.3) is 0 Å². The molecule has 0 aromatic heterocycles. The van der Waals surface area contributed by atoms with Crippen LogP contribution in [0.2, 0.25) is 0 Å². The SMILES string of the molecule is COc1ccc(C2(c3cccc(Br)c3)N=C(N)C(SC)=N2)cc1. The molecule has 0 amide bonds. The number of nitrogens with zero attached hydrogens (tertiary/aromatic N) is 2. The second-order valence-corrected chi connectivity index (χ2v) is 6.74. The largest absolute Gasteiger partial charge is 0.497 e. The van der Waals surface area contributed by atoms with Crippen molar-refractivity contribution < 1.29 is 4.74 Å². The molecule has 1 heterocycles. The van der Waals surface area contributed by atoms with E-state index >= 15 is 0 Å². The summed E-state index contributed by atoms with van der Waals surface area (Å²) in [5.74, 6) is 1.26. The first-order chi connectivity index (χ1) is 11.1. The molecule has 2 aromatic rings. The fraction of sp³-hybridized carbons (Fsp3) is 0.176. The number of methoxy groups -OCH3 is 1. The van der Waals surface area contributed by atoms with Crippen LogP contribution < -0.4 is 10.5 Å². The molecule has 6 heteroatoms. The molecule has 0 saturated heterocycles. The van der Waals surface area contributed by atoms with Crippen molar-refractivity contribution in [2.45, 2.75) is 5.66 Å². The third kappa shape index (κ3) is 2.88. The molecule has 2 aromatic carbocycles. The van der Waals surface area contributed by atoms with E-state index in [-0.39, 0.29) is 0 Å². The zero-order chi connectivity index (χ0) is 16.4. The molecule has 3 rings (SSSR count). The molecule has 0 radical (unpaired) electrons. The van der Waals surface area contributed by atoms with Gasteiger partial charge in [0, 0.05) is 15.6 Å². The highest BCUT2D eigenvalue weighted by molar-refractivity contribution is 9.10. The van der Waals surface area contributed by atoms with E-state index in [0.717, 1.165) is 26.4 Å². The van der Waals surface area contributed by atoms with Crippen LogP contribution >= 0.6 is 27.7 Å². The Morgan fingerprint density at radius 2 is 1.83 bits per heavy atom. The molecule has 1 aliphatic heterocycles. The highest BCUT2D eigenvalue weighted by Crippen LogP contribution is 2.40. The van der Waals surface area contributed by atoms with Crippen molar-refractivity contribution in [3.63, 3.8) is 0 Å².